The minimum atomic E-state index is -0.651. The van der Waals surface area contributed by atoms with E-state index in [1.807, 2.05) is 6.92 Å². The highest BCUT2D eigenvalue weighted by Crippen LogP contribution is 2.11. The molecule has 14 heavy (non-hydrogen) atoms. The number of ether oxygens (including phenoxy) is 1. The molecule has 0 aliphatic heterocycles. The van der Waals surface area contributed by atoms with E-state index in [1.54, 1.807) is 0 Å². The molecule has 1 heterocycles. The molecule has 7 nitrogen and oxygen atoms in total. The Kier molecular flexibility index (Phi) is 3.29. The molecule has 0 fully saturated rings. The van der Waals surface area contributed by atoms with Crippen molar-refractivity contribution in [3.63, 3.8) is 0 Å². The zero-order valence-corrected chi connectivity index (χ0v) is 7.61. The Bertz CT molecular complexity index is 387. The fourth-order valence-corrected chi connectivity index (χ4v) is 0.888. The first-order valence-corrected chi connectivity index (χ1v) is 3.98. The lowest BCUT2D eigenvalue weighted by Crippen LogP contribution is -2.14. The third-order valence-corrected chi connectivity index (χ3v) is 1.51. The van der Waals surface area contributed by atoms with Gasteiger partial charge in [-0.2, -0.15) is 0 Å². The van der Waals surface area contributed by atoms with Crippen LogP contribution in [-0.4, -0.2) is 16.6 Å². The van der Waals surface area contributed by atoms with Crippen LogP contribution in [0.25, 0.3) is 0 Å². The molecule has 0 aromatic carbocycles. The topological polar surface area (TPSA) is 110 Å². The summed E-state index contributed by atoms with van der Waals surface area (Å²) in [6.45, 7) is 2.45. The number of nitrogens with zero attached hydrogens (tertiary/aromatic N) is 2. The highest BCUT2D eigenvalue weighted by atomic mass is 16.5. The van der Waals surface area contributed by atoms with Gasteiger partial charge in [0.25, 0.3) is 5.56 Å². The second-order valence-electron chi connectivity index (χ2n) is 2.47. The highest BCUT2D eigenvalue weighted by molar-refractivity contribution is 5.54. The van der Waals surface area contributed by atoms with E-state index >= 15 is 0 Å². The van der Waals surface area contributed by atoms with Crippen LogP contribution >= 0.6 is 0 Å². The number of aromatic amines is 1. The molecule has 0 atom stereocenters. The number of hydrogen-bond acceptors (Lipinski definition) is 6. The summed E-state index contributed by atoms with van der Waals surface area (Å²) in [7, 11) is 0. The van der Waals surface area contributed by atoms with Gasteiger partial charge in [-0.15, -0.1) is 4.91 Å². The average molecular weight is 198 g/mol. The lowest BCUT2D eigenvalue weighted by atomic mass is 10.4. The molecule has 0 spiro atoms. The number of aromatic nitrogens is 2. The number of nitroso groups, excluding NO2 is 1. The second-order valence-corrected chi connectivity index (χ2v) is 2.47. The molecule has 0 unspecified atom stereocenters. The van der Waals surface area contributed by atoms with Gasteiger partial charge >= 0.3 is 0 Å². The predicted octanol–water partition coefficient (Wildman–Crippen LogP) is 0.286. The van der Waals surface area contributed by atoms with E-state index in [0.29, 0.717) is 6.61 Å². The molecule has 3 N–H and O–H groups in total. The Morgan fingerprint density at radius 3 is 2.86 bits per heavy atom. The summed E-state index contributed by atoms with van der Waals surface area (Å²) in [5.41, 5.74) is 4.28. The van der Waals surface area contributed by atoms with Crippen molar-refractivity contribution < 1.29 is 4.74 Å². The van der Waals surface area contributed by atoms with Gasteiger partial charge in [0, 0.05) is 6.61 Å². The molecule has 0 radical (unpaired) electrons. The van der Waals surface area contributed by atoms with Crippen LogP contribution < -0.4 is 11.3 Å². The summed E-state index contributed by atoms with van der Waals surface area (Å²) in [4.78, 5) is 27.4. The molecule has 1 aromatic rings. The Labute approximate surface area is 79.3 Å². The van der Waals surface area contributed by atoms with Gasteiger partial charge in [-0.05, 0) is 12.1 Å². The lowest BCUT2D eigenvalue weighted by molar-refractivity contribution is 0.128. The van der Waals surface area contributed by atoms with E-state index in [9.17, 15) is 9.70 Å². The zero-order valence-electron chi connectivity index (χ0n) is 7.61. The first-order valence-electron chi connectivity index (χ1n) is 3.98. The maximum Gasteiger partial charge on any atom is 0.282 e. The number of rotatable bonds is 4. The molecular formula is C7H10N4O3. The third kappa shape index (κ3) is 2.13. The van der Waals surface area contributed by atoms with E-state index in [0.717, 1.165) is 0 Å². The van der Waals surface area contributed by atoms with Crippen molar-refractivity contribution in [2.45, 2.75) is 13.5 Å². The molecular weight excluding hydrogens is 188 g/mol. The van der Waals surface area contributed by atoms with Crippen LogP contribution in [0.2, 0.25) is 0 Å². The third-order valence-electron chi connectivity index (χ3n) is 1.51. The molecule has 0 saturated heterocycles. The van der Waals surface area contributed by atoms with E-state index in [2.05, 4.69) is 15.1 Å². The van der Waals surface area contributed by atoms with Gasteiger partial charge in [0.2, 0.25) is 5.69 Å². The quantitative estimate of drug-likeness (QED) is 0.675. The van der Waals surface area contributed by atoms with Gasteiger partial charge in [-0.1, -0.05) is 0 Å². The zero-order chi connectivity index (χ0) is 10.6. The summed E-state index contributed by atoms with van der Waals surface area (Å²) >= 11 is 0. The molecule has 0 saturated carbocycles. The van der Waals surface area contributed by atoms with Crippen LogP contribution in [0.3, 0.4) is 0 Å². The maximum atomic E-state index is 11.1. The minimum Gasteiger partial charge on any atom is -0.382 e. The van der Waals surface area contributed by atoms with Crippen molar-refractivity contribution in [2.24, 2.45) is 5.18 Å². The van der Waals surface area contributed by atoms with Crippen LogP contribution in [-0.2, 0) is 11.3 Å². The summed E-state index contributed by atoms with van der Waals surface area (Å²) in [6, 6.07) is 0. The van der Waals surface area contributed by atoms with Crippen molar-refractivity contribution >= 4 is 11.5 Å². The largest absolute Gasteiger partial charge is 0.382 e. The van der Waals surface area contributed by atoms with Crippen molar-refractivity contribution in [3.05, 3.63) is 21.1 Å². The molecule has 1 rings (SSSR count). The van der Waals surface area contributed by atoms with Gasteiger partial charge in [0.05, 0.1) is 0 Å². The number of anilines is 1. The van der Waals surface area contributed by atoms with Crippen molar-refractivity contribution in [3.8, 4) is 0 Å². The lowest BCUT2D eigenvalue weighted by Gasteiger charge is -2.02. The fourth-order valence-electron chi connectivity index (χ4n) is 0.888. The summed E-state index contributed by atoms with van der Waals surface area (Å²) < 4.78 is 5.01. The Hall–Kier alpha value is -1.76. The number of nitrogens with one attached hydrogen (secondary N) is 1. The van der Waals surface area contributed by atoms with E-state index in [4.69, 9.17) is 10.5 Å². The Balaban J connectivity index is 3.02. The average Bonchev–Trinajstić information content (AvgIpc) is 2.14. The van der Waals surface area contributed by atoms with Crippen LogP contribution in [0.15, 0.2) is 9.97 Å². The first-order chi connectivity index (χ1) is 6.69. The maximum absolute atomic E-state index is 11.1. The van der Waals surface area contributed by atoms with E-state index < -0.39 is 11.2 Å². The first kappa shape index (κ1) is 10.3. The summed E-state index contributed by atoms with van der Waals surface area (Å²) in [6.07, 6.45) is 0. The SMILES string of the molecule is CCOCc1nc(N)c(N=O)c(=O)[nH]1. The van der Waals surface area contributed by atoms with Crippen LogP contribution in [0.1, 0.15) is 12.7 Å². The standard InChI is InChI=1S/C7H10N4O3/c1-2-14-3-4-9-6(8)5(11-13)7(12)10-4/h2-3H2,1H3,(H3,8,9,10,12). The van der Waals surface area contributed by atoms with Crippen molar-refractivity contribution in [1.29, 1.82) is 0 Å². The monoisotopic (exact) mass is 198 g/mol. The van der Waals surface area contributed by atoms with Crippen molar-refractivity contribution in [1.82, 2.24) is 9.97 Å². The smallest absolute Gasteiger partial charge is 0.282 e. The number of H-pyrrole nitrogens is 1. The van der Waals surface area contributed by atoms with Crippen LogP contribution in [0, 0.1) is 4.91 Å². The number of nitrogens with two attached hydrogens (primary N) is 1. The molecule has 0 amide bonds. The van der Waals surface area contributed by atoms with Gasteiger partial charge < -0.3 is 15.5 Å². The predicted molar refractivity (Wildman–Crippen MR) is 50.1 cm³/mol. The normalized spacial score (nSPS) is 10.1. The molecule has 7 heteroatoms. The van der Waals surface area contributed by atoms with E-state index in [1.165, 1.54) is 0 Å². The van der Waals surface area contributed by atoms with Crippen molar-refractivity contribution in [2.75, 3.05) is 12.3 Å². The Morgan fingerprint density at radius 2 is 2.36 bits per heavy atom. The van der Waals surface area contributed by atoms with Gasteiger partial charge in [-0.25, -0.2) is 4.98 Å². The Morgan fingerprint density at radius 1 is 1.64 bits per heavy atom. The minimum absolute atomic E-state index is 0.148. The van der Waals surface area contributed by atoms with Crippen LogP contribution in [0.5, 0.6) is 0 Å². The van der Waals surface area contributed by atoms with Gasteiger partial charge in [-0.3, -0.25) is 4.79 Å². The number of nitrogen functional groups attached to an aromatic ring is 1. The number of hydrogen-bond donors (Lipinski definition) is 2. The fraction of sp³-hybridized carbons (Fsp3) is 0.429. The molecule has 0 aliphatic carbocycles. The van der Waals surface area contributed by atoms with Gasteiger partial charge in [0.15, 0.2) is 5.82 Å². The summed E-state index contributed by atoms with van der Waals surface area (Å²) in [5.74, 6) is 0.0974. The van der Waals surface area contributed by atoms with E-state index in [-0.39, 0.29) is 18.2 Å². The second kappa shape index (κ2) is 4.47. The highest BCUT2D eigenvalue weighted by Gasteiger charge is 2.08. The van der Waals surface area contributed by atoms with Crippen LogP contribution in [0.4, 0.5) is 11.5 Å². The molecule has 1 aromatic heterocycles. The molecule has 76 valence electrons. The van der Waals surface area contributed by atoms with Gasteiger partial charge in [0.1, 0.15) is 12.4 Å². The molecule has 0 aliphatic rings. The molecule has 0 bridgehead atoms. The summed E-state index contributed by atoms with van der Waals surface area (Å²) in [5, 5.41) is 2.47.